The van der Waals surface area contributed by atoms with Crippen LogP contribution in [0.15, 0.2) is 18.2 Å². The zero-order valence-corrected chi connectivity index (χ0v) is 14.5. The van der Waals surface area contributed by atoms with Crippen LogP contribution in [0.25, 0.3) is 10.6 Å². The van der Waals surface area contributed by atoms with Crippen molar-refractivity contribution < 1.29 is 0 Å². The van der Waals surface area contributed by atoms with Gasteiger partial charge in [0.15, 0.2) is 0 Å². The normalized spacial score (nSPS) is 11.3. The van der Waals surface area contributed by atoms with Gasteiger partial charge in [-0.1, -0.05) is 48.4 Å². The fraction of sp³-hybridized carbons (Fsp3) is 0.467. The van der Waals surface area contributed by atoms with Gasteiger partial charge >= 0.3 is 0 Å². The summed E-state index contributed by atoms with van der Waals surface area (Å²) in [5, 5.41) is 15.0. The monoisotopic (exact) mass is 343 g/mol. The summed E-state index contributed by atoms with van der Waals surface area (Å²) in [7, 11) is 0. The minimum Gasteiger partial charge on any atom is -0.316 e. The van der Waals surface area contributed by atoms with E-state index in [-0.39, 0.29) is 0 Å². The average Bonchev–Trinajstić information content (AvgIpc) is 2.86. The number of halogens is 2. The van der Waals surface area contributed by atoms with Gasteiger partial charge in [-0.2, -0.15) is 0 Å². The van der Waals surface area contributed by atoms with Crippen LogP contribution < -0.4 is 5.32 Å². The Labute approximate surface area is 139 Å². The highest BCUT2D eigenvalue weighted by Gasteiger charge is 2.10. The number of rotatable bonds is 7. The molecule has 0 saturated heterocycles. The summed E-state index contributed by atoms with van der Waals surface area (Å²) >= 11 is 13.7. The van der Waals surface area contributed by atoms with Crippen molar-refractivity contribution in [1.82, 2.24) is 15.5 Å². The van der Waals surface area contributed by atoms with Gasteiger partial charge in [-0.15, -0.1) is 10.2 Å². The van der Waals surface area contributed by atoms with Crippen molar-refractivity contribution in [3.05, 3.63) is 33.3 Å². The lowest BCUT2D eigenvalue weighted by atomic mass is 10.2. The Morgan fingerprint density at radius 2 is 2.05 bits per heavy atom. The first-order valence-electron chi connectivity index (χ1n) is 7.05. The number of hydrogen-bond donors (Lipinski definition) is 1. The Kier molecular flexibility index (Phi) is 6.42. The first kappa shape index (κ1) is 16.7. The lowest BCUT2D eigenvalue weighted by molar-refractivity contribution is 0.542. The summed E-state index contributed by atoms with van der Waals surface area (Å²) in [4.78, 5) is 0. The molecule has 1 heterocycles. The second-order valence-electron chi connectivity index (χ2n) is 5.33. The molecular weight excluding hydrogens is 325 g/mol. The van der Waals surface area contributed by atoms with E-state index in [1.54, 1.807) is 17.4 Å². The molecule has 0 fully saturated rings. The average molecular weight is 344 g/mol. The van der Waals surface area contributed by atoms with E-state index in [4.69, 9.17) is 23.2 Å². The maximum atomic E-state index is 6.19. The second-order valence-corrected chi connectivity index (χ2v) is 7.23. The SMILES string of the molecule is CC(C)CNCCCc1nnc(-c2ccc(Cl)cc2Cl)s1. The Hall–Kier alpha value is -0.680. The van der Waals surface area contributed by atoms with Crippen LogP contribution in [0.1, 0.15) is 25.3 Å². The molecule has 1 aromatic heterocycles. The number of benzene rings is 1. The molecule has 0 bridgehead atoms. The minimum atomic E-state index is 0.615. The van der Waals surface area contributed by atoms with Crippen LogP contribution in [-0.2, 0) is 6.42 Å². The summed E-state index contributed by atoms with van der Waals surface area (Å²) in [6, 6.07) is 5.44. The first-order valence-corrected chi connectivity index (χ1v) is 8.62. The molecule has 0 aliphatic rings. The Balaban J connectivity index is 1.89. The highest BCUT2D eigenvalue weighted by atomic mass is 35.5. The Bertz CT molecular complexity index is 584. The van der Waals surface area contributed by atoms with E-state index in [9.17, 15) is 0 Å². The zero-order valence-electron chi connectivity index (χ0n) is 12.2. The van der Waals surface area contributed by atoms with Crippen LogP contribution >= 0.6 is 34.5 Å². The van der Waals surface area contributed by atoms with Gasteiger partial charge in [0.05, 0.1) is 5.02 Å². The van der Waals surface area contributed by atoms with Gasteiger partial charge < -0.3 is 5.32 Å². The van der Waals surface area contributed by atoms with Crippen molar-refractivity contribution in [1.29, 1.82) is 0 Å². The fourth-order valence-electron chi connectivity index (χ4n) is 1.88. The molecule has 21 heavy (non-hydrogen) atoms. The number of aryl methyl sites for hydroxylation is 1. The van der Waals surface area contributed by atoms with Gasteiger partial charge in [-0.25, -0.2) is 0 Å². The zero-order chi connectivity index (χ0) is 15.2. The molecule has 6 heteroatoms. The van der Waals surface area contributed by atoms with Crippen molar-refractivity contribution in [2.75, 3.05) is 13.1 Å². The summed E-state index contributed by atoms with van der Waals surface area (Å²) in [6.45, 7) is 6.48. The topological polar surface area (TPSA) is 37.8 Å². The van der Waals surface area contributed by atoms with Crippen LogP contribution in [0.5, 0.6) is 0 Å². The Morgan fingerprint density at radius 1 is 1.24 bits per heavy atom. The number of nitrogens with zero attached hydrogens (tertiary/aromatic N) is 2. The molecule has 0 aliphatic heterocycles. The first-order chi connectivity index (χ1) is 10.1. The molecular formula is C15H19Cl2N3S. The Morgan fingerprint density at radius 3 is 2.76 bits per heavy atom. The van der Waals surface area contributed by atoms with Gasteiger partial charge in [0.2, 0.25) is 0 Å². The molecule has 0 radical (unpaired) electrons. The maximum absolute atomic E-state index is 6.19. The molecule has 3 nitrogen and oxygen atoms in total. The van der Waals surface area contributed by atoms with Gasteiger partial charge in [-0.05, 0) is 43.6 Å². The molecule has 0 spiro atoms. The highest BCUT2D eigenvalue weighted by Crippen LogP contribution is 2.32. The molecule has 0 aliphatic carbocycles. The molecule has 1 N–H and O–H groups in total. The fourth-order valence-corrected chi connectivity index (χ4v) is 3.36. The van der Waals surface area contributed by atoms with E-state index >= 15 is 0 Å². The van der Waals surface area contributed by atoms with Gasteiger partial charge in [-0.3, -0.25) is 0 Å². The van der Waals surface area contributed by atoms with E-state index < -0.39 is 0 Å². The van der Waals surface area contributed by atoms with E-state index in [1.165, 1.54) is 0 Å². The maximum Gasteiger partial charge on any atom is 0.149 e. The summed E-state index contributed by atoms with van der Waals surface area (Å²) < 4.78 is 0. The molecule has 0 unspecified atom stereocenters. The standard InChI is InChI=1S/C15H19Cl2N3S/c1-10(2)9-18-7-3-4-14-19-20-15(21-14)12-6-5-11(16)8-13(12)17/h5-6,8,10,18H,3-4,7,9H2,1-2H3. The van der Waals surface area contributed by atoms with Crippen LogP contribution in [-0.4, -0.2) is 23.3 Å². The van der Waals surface area contributed by atoms with Gasteiger partial charge in [0, 0.05) is 17.0 Å². The molecule has 0 amide bonds. The van der Waals surface area contributed by atoms with E-state index in [0.29, 0.717) is 16.0 Å². The van der Waals surface area contributed by atoms with Gasteiger partial charge in [0.1, 0.15) is 10.0 Å². The predicted octanol–water partition coefficient (Wildman–Crippen LogP) is 4.69. The summed E-state index contributed by atoms with van der Waals surface area (Å²) in [6.07, 6.45) is 2.00. The third-order valence-corrected chi connectivity index (χ3v) is 4.49. The van der Waals surface area contributed by atoms with Crippen LogP contribution in [0.3, 0.4) is 0 Å². The lowest BCUT2D eigenvalue weighted by Gasteiger charge is -2.05. The smallest absolute Gasteiger partial charge is 0.149 e. The van der Waals surface area contributed by atoms with Gasteiger partial charge in [0.25, 0.3) is 0 Å². The number of hydrogen-bond acceptors (Lipinski definition) is 4. The lowest BCUT2D eigenvalue weighted by Crippen LogP contribution is -2.21. The summed E-state index contributed by atoms with van der Waals surface area (Å²) in [5.41, 5.74) is 0.891. The molecule has 2 rings (SSSR count). The predicted molar refractivity (Wildman–Crippen MR) is 91.4 cm³/mol. The number of nitrogens with one attached hydrogen (secondary N) is 1. The van der Waals surface area contributed by atoms with Crippen LogP contribution in [0, 0.1) is 5.92 Å². The summed E-state index contributed by atoms with van der Waals surface area (Å²) in [5.74, 6) is 0.685. The van der Waals surface area contributed by atoms with Crippen molar-refractivity contribution in [3.63, 3.8) is 0 Å². The molecule has 2 aromatic rings. The highest BCUT2D eigenvalue weighted by molar-refractivity contribution is 7.14. The molecule has 1 aromatic carbocycles. The largest absolute Gasteiger partial charge is 0.316 e. The van der Waals surface area contributed by atoms with E-state index in [2.05, 4.69) is 29.4 Å². The molecule has 114 valence electrons. The van der Waals surface area contributed by atoms with Crippen molar-refractivity contribution in [3.8, 4) is 10.6 Å². The van der Waals surface area contributed by atoms with Crippen molar-refractivity contribution in [2.24, 2.45) is 5.92 Å². The minimum absolute atomic E-state index is 0.615. The second kappa shape index (κ2) is 8.08. The quantitative estimate of drug-likeness (QED) is 0.741. The third kappa shape index (κ3) is 5.22. The van der Waals surface area contributed by atoms with Crippen LogP contribution in [0.4, 0.5) is 0 Å². The van der Waals surface area contributed by atoms with Crippen molar-refractivity contribution >= 4 is 34.5 Å². The van der Waals surface area contributed by atoms with E-state index in [0.717, 1.165) is 41.5 Å². The van der Waals surface area contributed by atoms with Crippen LogP contribution in [0.2, 0.25) is 10.0 Å². The van der Waals surface area contributed by atoms with E-state index in [1.807, 2.05) is 12.1 Å². The van der Waals surface area contributed by atoms with Crippen molar-refractivity contribution in [2.45, 2.75) is 26.7 Å². The molecule has 0 atom stereocenters. The number of aromatic nitrogens is 2. The third-order valence-electron chi connectivity index (χ3n) is 2.93. The molecule has 0 saturated carbocycles.